The van der Waals surface area contributed by atoms with Crippen molar-refractivity contribution < 1.29 is 9.53 Å². The van der Waals surface area contributed by atoms with Gasteiger partial charge in [-0.1, -0.05) is 6.92 Å². The molecule has 3 heteroatoms. The van der Waals surface area contributed by atoms with E-state index in [1.165, 1.54) is 6.42 Å². The van der Waals surface area contributed by atoms with Crippen LogP contribution in [0.2, 0.25) is 0 Å². The Hall–Kier alpha value is -0.570. The first-order chi connectivity index (χ1) is 7.74. The van der Waals surface area contributed by atoms with Crippen LogP contribution in [-0.2, 0) is 9.53 Å². The summed E-state index contributed by atoms with van der Waals surface area (Å²) in [5, 5.41) is 3.14. The molecule has 0 radical (unpaired) electrons. The number of carbonyl (C=O) groups excluding carboxylic acids is 1. The topological polar surface area (TPSA) is 38.3 Å². The Bertz CT molecular complexity index is 236. The number of rotatable bonds is 4. The lowest BCUT2D eigenvalue weighted by molar-refractivity contribution is -0.122. The fourth-order valence-corrected chi connectivity index (χ4v) is 2.80. The van der Waals surface area contributed by atoms with Crippen LogP contribution in [0, 0.1) is 5.92 Å². The molecule has 2 fully saturated rings. The number of hydrogen-bond acceptors (Lipinski definition) is 2. The average molecular weight is 225 g/mol. The summed E-state index contributed by atoms with van der Waals surface area (Å²) in [6, 6.07) is 0.437. The van der Waals surface area contributed by atoms with Crippen molar-refractivity contribution in [1.29, 1.82) is 0 Å². The molecule has 3 atom stereocenters. The maximum absolute atomic E-state index is 11.7. The third-order valence-corrected chi connectivity index (χ3v) is 3.78. The van der Waals surface area contributed by atoms with Crippen LogP contribution in [0.5, 0.6) is 0 Å². The second-order valence-electron chi connectivity index (χ2n) is 5.36. The maximum Gasteiger partial charge on any atom is 0.220 e. The van der Waals surface area contributed by atoms with Gasteiger partial charge in [-0.3, -0.25) is 4.79 Å². The largest absolute Gasteiger partial charge is 0.378 e. The van der Waals surface area contributed by atoms with E-state index in [0.29, 0.717) is 18.6 Å². The lowest BCUT2D eigenvalue weighted by Gasteiger charge is -2.13. The molecule has 2 rings (SSSR count). The molecule has 92 valence electrons. The van der Waals surface area contributed by atoms with E-state index >= 15 is 0 Å². The highest BCUT2D eigenvalue weighted by molar-refractivity contribution is 5.76. The molecule has 1 aliphatic carbocycles. The number of carbonyl (C=O) groups is 1. The second kappa shape index (κ2) is 5.67. The molecule has 0 bridgehead atoms. The van der Waals surface area contributed by atoms with Crippen molar-refractivity contribution in [3.63, 3.8) is 0 Å². The second-order valence-corrected chi connectivity index (χ2v) is 5.36. The van der Waals surface area contributed by atoms with Crippen molar-refractivity contribution in [3.05, 3.63) is 0 Å². The summed E-state index contributed by atoms with van der Waals surface area (Å²) in [6.45, 7) is 3.14. The van der Waals surface area contributed by atoms with Crippen LogP contribution in [0.25, 0.3) is 0 Å². The molecule has 1 amide bonds. The van der Waals surface area contributed by atoms with Gasteiger partial charge in [-0.2, -0.15) is 0 Å². The van der Waals surface area contributed by atoms with Crippen molar-refractivity contribution in [1.82, 2.24) is 5.32 Å². The van der Waals surface area contributed by atoms with E-state index in [2.05, 4.69) is 12.2 Å². The summed E-state index contributed by atoms with van der Waals surface area (Å²) in [5.41, 5.74) is 0. The monoisotopic (exact) mass is 225 g/mol. The van der Waals surface area contributed by atoms with Gasteiger partial charge >= 0.3 is 0 Å². The van der Waals surface area contributed by atoms with Gasteiger partial charge in [0.05, 0.1) is 6.10 Å². The van der Waals surface area contributed by atoms with Gasteiger partial charge in [-0.15, -0.1) is 0 Å². The minimum absolute atomic E-state index is 0.217. The average Bonchev–Trinajstić information content (AvgIpc) is 2.87. The molecule has 3 unspecified atom stereocenters. The van der Waals surface area contributed by atoms with Crippen LogP contribution in [0.4, 0.5) is 0 Å². The zero-order valence-electron chi connectivity index (χ0n) is 10.2. The van der Waals surface area contributed by atoms with Crippen LogP contribution in [-0.4, -0.2) is 24.7 Å². The molecule has 1 saturated carbocycles. The highest BCUT2D eigenvalue weighted by Gasteiger charge is 2.23. The van der Waals surface area contributed by atoms with Gasteiger partial charge in [0.2, 0.25) is 5.91 Å². The van der Waals surface area contributed by atoms with Crippen molar-refractivity contribution in [3.8, 4) is 0 Å². The van der Waals surface area contributed by atoms with Crippen molar-refractivity contribution in [2.75, 3.05) is 6.61 Å². The van der Waals surface area contributed by atoms with Gasteiger partial charge in [0.1, 0.15) is 0 Å². The minimum Gasteiger partial charge on any atom is -0.378 e. The summed E-state index contributed by atoms with van der Waals surface area (Å²) in [7, 11) is 0. The van der Waals surface area contributed by atoms with Crippen LogP contribution in [0.1, 0.15) is 51.9 Å². The van der Waals surface area contributed by atoms with E-state index in [-0.39, 0.29) is 5.91 Å². The molecule has 1 saturated heterocycles. The van der Waals surface area contributed by atoms with Gasteiger partial charge in [0.15, 0.2) is 0 Å². The minimum atomic E-state index is 0.217. The predicted octanol–water partition coefficient (Wildman–Crippen LogP) is 2.25. The molecule has 16 heavy (non-hydrogen) atoms. The SMILES string of the molecule is CC1CCC(NC(=O)CCC2CCCO2)C1. The smallest absolute Gasteiger partial charge is 0.220 e. The highest BCUT2D eigenvalue weighted by Crippen LogP contribution is 2.24. The van der Waals surface area contributed by atoms with E-state index in [1.807, 2.05) is 0 Å². The molecule has 0 spiro atoms. The number of nitrogens with one attached hydrogen (secondary N) is 1. The lowest BCUT2D eigenvalue weighted by Crippen LogP contribution is -2.33. The molecular formula is C13H23NO2. The summed E-state index contributed by atoms with van der Waals surface area (Å²) in [5.74, 6) is 0.998. The molecular weight excluding hydrogens is 202 g/mol. The van der Waals surface area contributed by atoms with Gasteiger partial charge in [0.25, 0.3) is 0 Å². The summed E-state index contributed by atoms with van der Waals surface area (Å²) < 4.78 is 5.51. The van der Waals surface area contributed by atoms with E-state index in [9.17, 15) is 4.79 Å². The third kappa shape index (κ3) is 3.48. The quantitative estimate of drug-likeness (QED) is 0.797. The van der Waals surface area contributed by atoms with Crippen molar-refractivity contribution in [2.24, 2.45) is 5.92 Å². The fraction of sp³-hybridized carbons (Fsp3) is 0.923. The number of amides is 1. The number of ether oxygens (including phenoxy) is 1. The Morgan fingerprint density at radius 2 is 2.25 bits per heavy atom. The Kier molecular flexibility index (Phi) is 4.22. The van der Waals surface area contributed by atoms with Crippen LogP contribution in [0.15, 0.2) is 0 Å². The van der Waals surface area contributed by atoms with Crippen molar-refractivity contribution >= 4 is 5.91 Å². The van der Waals surface area contributed by atoms with E-state index in [0.717, 1.165) is 44.6 Å². The summed E-state index contributed by atoms with van der Waals surface area (Å²) >= 11 is 0. The van der Waals surface area contributed by atoms with Crippen LogP contribution < -0.4 is 5.32 Å². The highest BCUT2D eigenvalue weighted by atomic mass is 16.5. The normalized spacial score (nSPS) is 34.2. The van der Waals surface area contributed by atoms with Gasteiger partial charge in [0, 0.05) is 19.1 Å². The molecule has 1 heterocycles. The molecule has 1 aliphatic heterocycles. The third-order valence-electron chi connectivity index (χ3n) is 3.78. The van der Waals surface area contributed by atoms with E-state index in [1.54, 1.807) is 0 Å². The van der Waals surface area contributed by atoms with E-state index in [4.69, 9.17) is 4.74 Å². The van der Waals surface area contributed by atoms with Crippen LogP contribution >= 0.6 is 0 Å². The standard InChI is InChI=1S/C13H23NO2/c1-10-4-5-11(9-10)14-13(15)7-6-12-3-2-8-16-12/h10-12H,2-9H2,1H3,(H,14,15). The molecule has 3 nitrogen and oxygen atoms in total. The first kappa shape index (κ1) is 11.9. The molecule has 1 N–H and O–H groups in total. The zero-order chi connectivity index (χ0) is 11.4. The lowest BCUT2D eigenvalue weighted by atomic mass is 10.1. The molecule has 0 aromatic carbocycles. The predicted molar refractivity (Wildman–Crippen MR) is 63.2 cm³/mol. The number of hydrogen-bond donors (Lipinski definition) is 1. The first-order valence-electron chi connectivity index (χ1n) is 6.65. The van der Waals surface area contributed by atoms with E-state index < -0.39 is 0 Å². The zero-order valence-corrected chi connectivity index (χ0v) is 10.2. The Morgan fingerprint density at radius 1 is 1.38 bits per heavy atom. The summed E-state index contributed by atoms with van der Waals surface area (Å²) in [6.07, 6.45) is 7.74. The van der Waals surface area contributed by atoms with Gasteiger partial charge < -0.3 is 10.1 Å². The van der Waals surface area contributed by atoms with Crippen molar-refractivity contribution in [2.45, 2.75) is 64.0 Å². The Labute approximate surface area is 97.9 Å². The van der Waals surface area contributed by atoms with Crippen LogP contribution in [0.3, 0.4) is 0 Å². The molecule has 0 aromatic heterocycles. The van der Waals surface area contributed by atoms with Gasteiger partial charge in [-0.05, 0) is 44.4 Å². The maximum atomic E-state index is 11.7. The molecule has 0 aromatic rings. The Balaban J connectivity index is 1.60. The molecule has 2 aliphatic rings. The summed E-state index contributed by atoms with van der Waals surface area (Å²) in [4.78, 5) is 11.7. The van der Waals surface area contributed by atoms with Gasteiger partial charge in [-0.25, -0.2) is 0 Å². The first-order valence-corrected chi connectivity index (χ1v) is 6.65. The Morgan fingerprint density at radius 3 is 2.88 bits per heavy atom. The fourth-order valence-electron chi connectivity index (χ4n) is 2.80.